The van der Waals surface area contributed by atoms with Crippen LogP contribution in [0.5, 0.6) is 0 Å². The molecule has 0 saturated carbocycles. The molecule has 0 aliphatic heterocycles. The third kappa shape index (κ3) is 4.18. The molecule has 2 N–H and O–H groups in total. The number of benzene rings is 1. The van der Waals surface area contributed by atoms with Gasteiger partial charge in [-0.05, 0) is 19.4 Å². The molecule has 0 fully saturated rings. The predicted molar refractivity (Wildman–Crippen MR) is 68.0 cm³/mol. The van der Waals surface area contributed by atoms with Gasteiger partial charge in [0.2, 0.25) is 5.91 Å². The van der Waals surface area contributed by atoms with Crippen molar-refractivity contribution in [3.63, 3.8) is 0 Å². The van der Waals surface area contributed by atoms with Crippen molar-refractivity contribution in [3.8, 4) is 0 Å². The van der Waals surface area contributed by atoms with Crippen LogP contribution in [0.4, 0.5) is 4.79 Å². The maximum Gasteiger partial charge on any atom is 0.413 e. The molecule has 0 bridgehead atoms. The summed E-state index contributed by atoms with van der Waals surface area (Å²) in [5.74, 6) is -0.412. The van der Waals surface area contributed by atoms with E-state index in [1.807, 2.05) is 37.3 Å². The summed E-state index contributed by atoms with van der Waals surface area (Å²) in [7, 11) is 1.22. The minimum atomic E-state index is -0.749. The summed E-state index contributed by atoms with van der Waals surface area (Å²) in [5.41, 5.74) is 1.08. The number of rotatable bonds is 4. The van der Waals surface area contributed by atoms with Crippen LogP contribution in [-0.4, -0.2) is 25.2 Å². The smallest absolute Gasteiger partial charge is 0.413 e. The van der Waals surface area contributed by atoms with Crippen molar-refractivity contribution in [3.05, 3.63) is 35.9 Å². The number of carbonyl (C=O) groups is 2. The van der Waals surface area contributed by atoms with Gasteiger partial charge in [0, 0.05) is 6.04 Å². The van der Waals surface area contributed by atoms with Gasteiger partial charge in [-0.15, -0.1) is 0 Å². The molecule has 0 aromatic heterocycles. The van der Waals surface area contributed by atoms with Crippen molar-refractivity contribution in [1.82, 2.24) is 10.6 Å². The number of nitrogens with one attached hydrogen (secondary N) is 2. The van der Waals surface area contributed by atoms with E-state index in [0.717, 1.165) is 5.56 Å². The fourth-order valence-electron chi connectivity index (χ4n) is 1.55. The molecule has 2 amide bonds. The van der Waals surface area contributed by atoms with Crippen LogP contribution in [-0.2, 0) is 9.53 Å². The molecule has 0 saturated heterocycles. The third-order valence-electron chi connectivity index (χ3n) is 2.60. The van der Waals surface area contributed by atoms with E-state index in [4.69, 9.17) is 0 Å². The highest BCUT2D eigenvalue weighted by atomic mass is 16.5. The zero-order valence-corrected chi connectivity index (χ0v) is 10.8. The van der Waals surface area contributed by atoms with Crippen molar-refractivity contribution in [2.75, 3.05) is 7.11 Å². The molecular weight excluding hydrogens is 232 g/mol. The number of hydrogen-bond donors (Lipinski definition) is 2. The van der Waals surface area contributed by atoms with E-state index in [-0.39, 0.29) is 6.04 Å². The van der Waals surface area contributed by atoms with E-state index >= 15 is 0 Å². The number of hydrogen-bond acceptors (Lipinski definition) is 4. The lowest BCUT2D eigenvalue weighted by Crippen LogP contribution is -2.45. The molecule has 0 aliphatic carbocycles. The summed E-state index contributed by atoms with van der Waals surface area (Å²) in [6, 6.07) is 9.29. The molecule has 2 atom stereocenters. The molecule has 0 spiro atoms. The molecule has 0 radical (unpaired) electrons. The monoisotopic (exact) mass is 250 g/mol. The zero-order valence-electron chi connectivity index (χ0n) is 10.8. The van der Waals surface area contributed by atoms with E-state index in [1.54, 1.807) is 6.92 Å². The van der Waals surface area contributed by atoms with E-state index in [2.05, 4.69) is 15.4 Å². The van der Waals surface area contributed by atoms with Gasteiger partial charge in [-0.25, -0.2) is 4.79 Å². The second-order valence-electron chi connectivity index (χ2n) is 4.00. The summed E-state index contributed by atoms with van der Waals surface area (Å²) >= 11 is 0. The van der Waals surface area contributed by atoms with Crippen LogP contribution < -0.4 is 10.6 Å². The lowest BCUT2D eigenvalue weighted by molar-refractivity contribution is -0.122. The number of methoxy groups -OCH3 is 1. The van der Waals surface area contributed by atoms with Crippen LogP contribution in [0, 0.1) is 0 Å². The minimum absolute atomic E-state index is 0.0181. The van der Waals surface area contributed by atoms with Crippen LogP contribution in [0.3, 0.4) is 0 Å². The molecule has 98 valence electrons. The van der Waals surface area contributed by atoms with Crippen LogP contribution in [0.1, 0.15) is 25.5 Å². The Kier molecular flexibility index (Phi) is 5.32. The molecule has 18 heavy (non-hydrogen) atoms. The molecule has 0 heterocycles. The highest BCUT2D eigenvalue weighted by molar-refractivity contribution is 5.94. The summed E-state index contributed by atoms with van der Waals surface area (Å²) in [5, 5.41) is 5.23. The molecule has 1 aromatic carbocycles. The van der Waals surface area contributed by atoms with Gasteiger partial charge in [0.25, 0.3) is 0 Å². The Balaban J connectivity index is 2.52. The Morgan fingerprint density at radius 3 is 2.33 bits per heavy atom. The van der Waals surface area contributed by atoms with Gasteiger partial charge in [-0.2, -0.15) is 0 Å². The Bertz CT molecular complexity index is 406. The van der Waals surface area contributed by atoms with Gasteiger partial charge >= 0.3 is 6.09 Å². The topological polar surface area (TPSA) is 67.4 Å². The molecule has 0 unspecified atom stereocenters. The highest BCUT2D eigenvalue weighted by Gasteiger charge is 2.18. The van der Waals surface area contributed by atoms with Gasteiger partial charge in [-0.1, -0.05) is 30.3 Å². The largest absolute Gasteiger partial charge is 0.453 e. The Morgan fingerprint density at radius 1 is 1.17 bits per heavy atom. The molecular formula is C13H18N2O3. The fourth-order valence-corrected chi connectivity index (χ4v) is 1.55. The van der Waals surface area contributed by atoms with Crippen molar-refractivity contribution < 1.29 is 14.3 Å². The Morgan fingerprint density at radius 2 is 1.78 bits per heavy atom. The average molecular weight is 250 g/mol. The first-order valence-electron chi connectivity index (χ1n) is 5.74. The number of amides is 2. The van der Waals surface area contributed by atoms with Crippen molar-refractivity contribution >= 4 is 12.0 Å². The van der Waals surface area contributed by atoms with Gasteiger partial charge in [0.1, 0.15) is 0 Å². The van der Waals surface area contributed by atoms with Gasteiger partial charge in [0.15, 0.2) is 0 Å². The summed E-state index contributed by atoms with van der Waals surface area (Å²) in [4.78, 5) is 22.5. The fraction of sp³-hybridized carbons (Fsp3) is 0.385. The van der Waals surface area contributed by atoms with E-state index in [9.17, 15) is 9.59 Å². The minimum Gasteiger partial charge on any atom is -0.453 e. The van der Waals surface area contributed by atoms with Crippen LogP contribution in [0.15, 0.2) is 30.3 Å². The number of carbonyl (C=O) groups excluding carboxylic acids is 2. The van der Waals surface area contributed by atoms with E-state index in [0.29, 0.717) is 0 Å². The van der Waals surface area contributed by atoms with Gasteiger partial charge < -0.3 is 4.74 Å². The van der Waals surface area contributed by atoms with Crippen LogP contribution in [0.25, 0.3) is 0 Å². The first-order chi connectivity index (χ1) is 8.54. The molecule has 5 nitrogen and oxygen atoms in total. The average Bonchev–Trinajstić information content (AvgIpc) is 2.39. The standard InChI is InChI=1S/C13H18N2O3/c1-9(11-7-5-4-6-8-11)14-10(2)12(16)15-13(17)18-3/h4-10,14H,1-3H3,(H,15,16,17)/t9-,10-/m0/s1. The Labute approximate surface area is 107 Å². The SMILES string of the molecule is COC(=O)NC(=O)[C@H](C)N[C@@H](C)c1ccccc1. The van der Waals surface area contributed by atoms with Crippen LogP contribution in [0.2, 0.25) is 0 Å². The second-order valence-corrected chi connectivity index (χ2v) is 4.00. The highest BCUT2D eigenvalue weighted by Crippen LogP contribution is 2.11. The molecule has 1 aromatic rings. The lowest BCUT2D eigenvalue weighted by atomic mass is 10.1. The number of alkyl carbamates (subject to hydrolysis) is 1. The van der Waals surface area contributed by atoms with Gasteiger partial charge in [0.05, 0.1) is 13.2 Å². The predicted octanol–water partition coefficient (Wildman–Crippen LogP) is 1.61. The summed E-state index contributed by atoms with van der Waals surface area (Å²) in [6.07, 6.45) is -0.749. The first kappa shape index (κ1) is 14.2. The summed E-state index contributed by atoms with van der Waals surface area (Å²) < 4.78 is 4.36. The zero-order chi connectivity index (χ0) is 13.5. The molecule has 1 rings (SSSR count). The maximum atomic E-state index is 11.6. The lowest BCUT2D eigenvalue weighted by Gasteiger charge is -2.19. The third-order valence-corrected chi connectivity index (χ3v) is 2.60. The second kappa shape index (κ2) is 6.76. The summed E-state index contributed by atoms with van der Waals surface area (Å²) in [6.45, 7) is 3.65. The van der Waals surface area contributed by atoms with Gasteiger partial charge in [-0.3, -0.25) is 15.4 Å². The first-order valence-corrected chi connectivity index (χ1v) is 5.74. The molecule has 0 aliphatic rings. The quantitative estimate of drug-likeness (QED) is 0.852. The number of imide groups is 1. The van der Waals surface area contributed by atoms with E-state index in [1.165, 1.54) is 7.11 Å². The molecule has 5 heteroatoms. The van der Waals surface area contributed by atoms with Crippen molar-refractivity contribution in [1.29, 1.82) is 0 Å². The maximum absolute atomic E-state index is 11.6. The van der Waals surface area contributed by atoms with E-state index < -0.39 is 18.0 Å². The Hall–Kier alpha value is -1.88. The van der Waals surface area contributed by atoms with Crippen LogP contribution >= 0.6 is 0 Å². The number of ether oxygens (including phenoxy) is 1. The normalized spacial score (nSPS) is 13.5. The van der Waals surface area contributed by atoms with Crippen molar-refractivity contribution in [2.45, 2.75) is 25.9 Å². The van der Waals surface area contributed by atoms with Crippen molar-refractivity contribution in [2.24, 2.45) is 0 Å².